The molecule has 7 heteroatoms. The number of ether oxygens (including phenoxy) is 1. The molecule has 144 valence electrons. The summed E-state index contributed by atoms with van der Waals surface area (Å²) in [5.74, 6) is -0.590. The normalized spacial score (nSPS) is 10.5. The number of aryl methyl sites for hydroxylation is 1. The number of esters is 1. The number of amides is 1. The van der Waals surface area contributed by atoms with Gasteiger partial charge in [0.25, 0.3) is 0 Å². The topological polar surface area (TPSA) is 59.5 Å². The first kappa shape index (κ1) is 20.0. The van der Waals surface area contributed by atoms with Gasteiger partial charge in [-0.15, -0.1) is 11.3 Å². The average molecular weight is 415 g/mol. The van der Waals surface area contributed by atoms with Crippen molar-refractivity contribution < 1.29 is 14.3 Å². The highest BCUT2D eigenvalue weighted by Crippen LogP contribution is 2.29. The molecule has 3 aromatic rings. The highest BCUT2D eigenvalue weighted by atomic mass is 35.5. The molecule has 0 spiro atoms. The molecule has 0 saturated heterocycles. The molecule has 1 heterocycles. The average Bonchev–Trinajstić information content (AvgIpc) is 3.15. The Labute approximate surface area is 172 Å². The van der Waals surface area contributed by atoms with Crippen LogP contribution in [0, 0.1) is 0 Å². The molecule has 0 bridgehead atoms. The van der Waals surface area contributed by atoms with Crippen LogP contribution in [0.25, 0.3) is 0 Å². The molecular weight excluding hydrogens is 396 g/mol. The van der Waals surface area contributed by atoms with Gasteiger partial charge in [-0.05, 0) is 48.4 Å². The van der Waals surface area contributed by atoms with Crippen molar-refractivity contribution in [2.45, 2.75) is 26.9 Å². The molecule has 1 amide bonds. The quantitative estimate of drug-likeness (QED) is 0.506. The van der Waals surface area contributed by atoms with Crippen LogP contribution in [-0.2, 0) is 22.6 Å². The van der Waals surface area contributed by atoms with Gasteiger partial charge in [-0.3, -0.25) is 9.69 Å². The molecule has 2 aromatic carbocycles. The Bertz CT molecular complexity index is 968. The fraction of sp³-hybridized carbons (Fsp3) is 0.190. The van der Waals surface area contributed by atoms with E-state index in [9.17, 15) is 9.59 Å². The van der Waals surface area contributed by atoms with E-state index in [4.69, 9.17) is 16.3 Å². The summed E-state index contributed by atoms with van der Waals surface area (Å²) >= 11 is 7.15. The highest BCUT2D eigenvalue weighted by molar-refractivity contribution is 7.14. The number of carbonyl (C=O) groups excluding carboxylic acids is 2. The van der Waals surface area contributed by atoms with Crippen LogP contribution in [0.5, 0.6) is 0 Å². The van der Waals surface area contributed by atoms with Gasteiger partial charge >= 0.3 is 5.97 Å². The van der Waals surface area contributed by atoms with E-state index >= 15 is 0 Å². The summed E-state index contributed by atoms with van der Waals surface area (Å²) in [5, 5.41) is 2.87. The fourth-order valence-corrected chi connectivity index (χ4v) is 3.58. The van der Waals surface area contributed by atoms with Crippen molar-refractivity contribution in [2.24, 2.45) is 0 Å². The van der Waals surface area contributed by atoms with Gasteiger partial charge < -0.3 is 4.74 Å². The smallest absolute Gasteiger partial charge is 0.338 e. The molecule has 0 radical (unpaired) electrons. The fourth-order valence-electron chi connectivity index (χ4n) is 2.58. The zero-order valence-corrected chi connectivity index (χ0v) is 17.1. The van der Waals surface area contributed by atoms with Crippen molar-refractivity contribution in [3.8, 4) is 0 Å². The first-order chi connectivity index (χ1) is 13.5. The lowest BCUT2D eigenvalue weighted by atomic mass is 10.1. The van der Waals surface area contributed by atoms with Crippen LogP contribution < -0.4 is 4.90 Å². The summed E-state index contributed by atoms with van der Waals surface area (Å²) < 4.78 is 5.30. The lowest BCUT2D eigenvalue weighted by Crippen LogP contribution is -2.22. The van der Waals surface area contributed by atoms with E-state index in [-0.39, 0.29) is 12.5 Å². The van der Waals surface area contributed by atoms with E-state index in [2.05, 4.69) is 11.9 Å². The van der Waals surface area contributed by atoms with Crippen molar-refractivity contribution in [1.82, 2.24) is 4.98 Å². The Hall–Kier alpha value is -2.70. The van der Waals surface area contributed by atoms with Crippen LogP contribution in [0.4, 0.5) is 10.8 Å². The van der Waals surface area contributed by atoms with Gasteiger partial charge in [0.15, 0.2) is 5.13 Å². The molecule has 1 aromatic heterocycles. The van der Waals surface area contributed by atoms with Crippen LogP contribution in [-0.4, -0.2) is 16.9 Å². The van der Waals surface area contributed by atoms with Crippen LogP contribution >= 0.6 is 22.9 Å². The van der Waals surface area contributed by atoms with Crippen molar-refractivity contribution in [2.75, 3.05) is 4.90 Å². The summed E-state index contributed by atoms with van der Waals surface area (Å²) in [6, 6.07) is 14.3. The molecule has 5 nitrogen and oxygen atoms in total. The number of thiazole rings is 1. The Morgan fingerprint density at radius 3 is 2.39 bits per heavy atom. The van der Waals surface area contributed by atoms with Crippen molar-refractivity contribution >= 4 is 45.6 Å². The molecule has 0 unspecified atom stereocenters. The minimum absolute atomic E-state index is 0.0263. The number of nitrogens with zero attached hydrogens (tertiary/aromatic N) is 2. The second-order valence-electron chi connectivity index (χ2n) is 6.08. The van der Waals surface area contributed by atoms with E-state index in [1.807, 2.05) is 24.3 Å². The second-order valence-corrected chi connectivity index (χ2v) is 7.35. The zero-order chi connectivity index (χ0) is 20.1. The van der Waals surface area contributed by atoms with Crippen molar-refractivity contribution in [1.29, 1.82) is 0 Å². The zero-order valence-electron chi connectivity index (χ0n) is 15.5. The van der Waals surface area contributed by atoms with E-state index in [0.717, 1.165) is 12.1 Å². The monoisotopic (exact) mass is 414 g/mol. The number of anilines is 2. The third kappa shape index (κ3) is 4.77. The van der Waals surface area contributed by atoms with Gasteiger partial charge in [0.05, 0.1) is 16.9 Å². The van der Waals surface area contributed by atoms with E-state index in [1.54, 1.807) is 34.5 Å². The lowest BCUT2D eigenvalue weighted by Gasteiger charge is -2.18. The summed E-state index contributed by atoms with van der Waals surface area (Å²) in [6.07, 6.45) is 0.931. The van der Waals surface area contributed by atoms with Gasteiger partial charge in [-0.1, -0.05) is 30.7 Å². The third-order valence-corrected chi connectivity index (χ3v) is 5.21. The molecule has 0 atom stereocenters. The van der Waals surface area contributed by atoms with Crippen LogP contribution in [0.3, 0.4) is 0 Å². The SMILES string of the molecule is CCc1ccc(N(C(C)=O)c2nc(COC(=O)c3ccc(Cl)cc3)cs2)cc1. The van der Waals surface area contributed by atoms with E-state index in [0.29, 0.717) is 21.4 Å². The molecule has 0 fully saturated rings. The van der Waals surface area contributed by atoms with Crippen LogP contribution in [0.2, 0.25) is 5.02 Å². The molecular formula is C21H19ClN2O3S. The number of halogens is 1. The number of hydrogen-bond donors (Lipinski definition) is 0. The Kier molecular flexibility index (Phi) is 6.44. The van der Waals surface area contributed by atoms with Crippen molar-refractivity contribution in [3.63, 3.8) is 0 Å². The maximum atomic E-state index is 12.2. The maximum Gasteiger partial charge on any atom is 0.338 e. The first-order valence-electron chi connectivity index (χ1n) is 8.74. The van der Waals surface area contributed by atoms with Gasteiger partial charge in [0.2, 0.25) is 5.91 Å². The Morgan fingerprint density at radius 1 is 1.11 bits per heavy atom. The Balaban J connectivity index is 1.71. The Morgan fingerprint density at radius 2 is 1.79 bits per heavy atom. The number of rotatable bonds is 6. The lowest BCUT2D eigenvalue weighted by molar-refractivity contribution is -0.115. The molecule has 0 saturated carbocycles. The number of benzene rings is 2. The highest BCUT2D eigenvalue weighted by Gasteiger charge is 2.18. The van der Waals surface area contributed by atoms with Gasteiger partial charge in [0.1, 0.15) is 6.61 Å². The standard InChI is InChI=1S/C21H19ClN2O3S/c1-3-15-4-10-19(11-5-15)24(14(2)25)21-23-18(13-28-21)12-27-20(26)16-6-8-17(22)9-7-16/h4-11,13H,3,12H2,1-2H3. The molecule has 0 aliphatic rings. The van der Waals surface area contributed by atoms with Gasteiger partial charge in [-0.2, -0.15) is 0 Å². The number of hydrogen-bond acceptors (Lipinski definition) is 5. The van der Waals surface area contributed by atoms with E-state index < -0.39 is 5.97 Å². The molecule has 3 rings (SSSR count). The van der Waals surface area contributed by atoms with E-state index in [1.165, 1.54) is 23.8 Å². The van der Waals surface area contributed by atoms with Crippen LogP contribution in [0.15, 0.2) is 53.9 Å². The molecule has 28 heavy (non-hydrogen) atoms. The van der Waals surface area contributed by atoms with Gasteiger partial charge in [0, 0.05) is 17.3 Å². The summed E-state index contributed by atoms with van der Waals surface area (Å²) in [6.45, 7) is 3.60. The van der Waals surface area contributed by atoms with Crippen molar-refractivity contribution in [3.05, 3.63) is 75.8 Å². The summed E-state index contributed by atoms with van der Waals surface area (Å²) in [5.41, 5.74) is 2.95. The molecule has 0 N–H and O–H groups in total. The number of aromatic nitrogens is 1. The molecule has 0 aliphatic carbocycles. The van der Waals surface area contributed by atoms with Gasteiger partial charge in [-0.25, -0.2) is 9.78 Å². The number of carbonyl (C=O) groups is 2. The maximum absolute atomic E-state index is 12.2. The van der Waals surface area contributed by atoms with Crippen LogP contribution in [0.1, 0.15) is 35.5 Å². The predicted octanol–water partition coefficient (Wildman–Crippen LogP) is 5.40. The second kappa shape index (κ2) is 8.99. The largest absolute Gasteiger partial charge is 0.456 e. The first-order valence-corrected chi connectivity index (χ1v) is 10.0. The third-order valence-electron chi connectivity index (χ3n) is 4.08. The molecule has 0 aliphatic heterocycles. The minimum Gasteiger partial charge on any atom is -0.456 e. The minimum atomic E-state index is -0.454. The summed E-state index contributed by atoms with van der Waals surface area (Å²) in [4.78, 5) is 30.3. The summed E-state index contributed by atoms with van der Waals surface area (Å²) in [7, 11) is 0. The predicted molar refractivity (Wildman–Crippen MR) is 111 cm³/mol.